The van der Waals surface area contributed by atoms with E-state index in [4.69, 9.17) is 0 Å². The molecule has 1 aliphatic heterocycles. The first-order chi connectivity index (χ1) is 8.30. The van der Waals surface area contributed by atoms with Crippen molar-refractivity contribution >= 4 is 5.97 Å². The zero-order valence-corrected chi connectivity index (χ0v) is 12.6. The number of carboxylic acid groups (broad SMARTS) is 1. The Bertz CT molecular complexity index is 286. The molecule has 2 unspecified atom stereocenters. The summed E-state index contributed by atoms with van der Waals surface area (Å²) in [6.07, 6.45) is 3.33. The van der Waals surface area contributed by atoms with Gasteiger partial charge in [-0.2, -0.15) is 0 Å². The molecule has 2 atom stereocenters. The SMILES string of the molecule is CCC(C(C)C)N1CCCC(C(C)(C)C(=O)O)C1. The van der Waals surface area contributed by atoms with Gasteiger partial charge in [0, 0.05) is 12.6 Å². The van der Waals surface area contributed by atoms with Crippen LogP contribution in [0.4, 0.5) is 0 Å². The Hall–Kier alpha value is -0.570. The highest BCUT2D eigenvalue weighted by Crippen LogP contribution is 2.35. The molecule has 0 bridgehead atoms. The van der Waals surface area contributed by atoms with Gasteiger partial charge in [0.25, 0.3) is 0 Å². The van der Waals surface area contributed by atoms with Gasteiger partial charge < -0.3 is 5.11 Å². The smallest absolute Gasteiger partial charge is 0.309 e. The standard InChI is InChI=1S/C15H29NO2/c1-6-13(11(2)3)16-9-7-8-12(10-16)15(4,5)14(17)18/h11-13H,6-10H2,1-5H3,(H,17,18). The van der Waals surface area contributed by atoms with Gasteiger partial charge in [-0.1, -0.05) is 20.8 Å². The van der Waals surface area contributed by atoms with Crippen LogP contribution in [0.1, 0.15) is 53.9 Å². The molecule has 1 rings (SSSR count). The van der Waals surface area contributed by atoms with Crippen LogP contribution in [0.3, 0.4) is 0 Å². The maximum absolute atomic E-state index is 11.4. The minimum absolute atomic E-state index is 0.275. The van der Waals surface area contributed by atoms with Crippen LogP contribution >= 0.6 is 0 Å². The van der Waals surface area contributed by atoms with Gasteiger partial charge in [0.15, 0.2) is 0 Å². The summed E-state index contributed by atoms with van der Waals surface area (Å²) < 4.78 is 0. The van der Waals surface area contributed by atoms with Crippen molar-refractivity contribution in [1.82, 2.24) is 4.90 Å². The number of carboxylic acids is 1. The Kier molecular flexibility index (Phi) is 5.20. The molecule has 0 saturated carbocycles. The van der Waals surface area contributed by atoms with Crippen LogP contribution in [0.5, 0.6) is 0 Å². The predicted octanol–water partition coefficient (Wildman–Crippen LogP) is 3.24. The first kappa shape index (κ1) is 15.5. The maximum Gasteiger partial charge on any atom is 0.309 e. The number of likely N-dealkylation sites (tertiary alicyclic amines) is 1. The van der Waals surface area contributed by atoms with E-state index in [1.54, 1.807) is 0 Å². The fourth-order valence-electron chi connectivity index (χ4n) is 3.22. The molecular formula is C15H29NO2. The molecule has 0 aromatic heterocycles. The fourth-order valence-corrected chi connectivity index (χ4v) is 3.22. The van der Waals surface area contributed by atoms with Crippen molar-refractivity contribution in [3.05, 3.63) is 0 Å². The topological polar surface area (TPSA) is 40.5 Å². The third kappa shape index (κ3) is 3.25. The van der Waals surface area contributed by atoms with E-state index in [0.29, 0.717) is 12.0 Å². The maximum atomic E-state index is 11.4. The van der Waals surface area contributed by atoms with Crippen molar-refractivity contribution < 1.29 is 9.90 Å². The van der Waals surface area contributed by atoms with E-state index in [2.05, 4.69) is 25.7 Å². The van der Waals surface area contributed by atoms with Gasteiger partial charge >= 0.3 is 5.97 Å². The number of piperidine rings is 1. The molecule has 18 heavy (non-hydrogen) atoms. The summed E-state index contributed by atoms with van der Waals surface area (Å²) in [5.41, 5.74) is -0.603. The van der Waals surface area contributed by atoms with Crippen molar-refractivity contribution in [2.24, 2.45) is 17.3 Å². The molecule has 1 aliphatic rings. The predicted molar refractivity (Wildman–Crippen MR) is 74.6 cm³/mol. The van der Waals surface area contributed by atoms with E-state index in [1.807, 2.05) is 13.8 Å². The molecule has 3 nitrogen and oxygen atoms in total. The molecule has 0 amide bonds. The van der Waals surface area contributed by atoms with Crippen LogP contribution in [0, 0.1) is 17.3 Å². The van der Waals surface area contributed by atoms with Gasteiger partial charge in [-0.3, -0.25) is 9.69 Å². The van der Waals surface area contributed by atoms with Crippen LogP contribution in [-0.2, 0) is 4.79 Å². The molecule has 0 aromatic rings. The largest absolute Gasteiger partial charge is 0.481 e. The highest BCUT2D eigenvalue weighted by atomic mass is 16.4. The zero-order valence-electron chi connectivity index (χ0n) is 12.6. The second kappa shape index (κ2) is 6.05. The second-order valence-corrected chi connectivity index (χ2v) is 6.58. The van der Waals surface area contributed by atoms with Gasteiger partial charge in [-0.05, 0) is 51.5 Å². The van der Waals surface area contributed by atoms with Gasteiger partial charge in [0.2, 0.25) is 0 Å². The van der Waals surface area contributed by atoms with Crippen molar-refractivity contribution in [2.45, 2.75) is 59.9 Å². The number of carbonyl (C=O) groups is 1. The quantitative estimate of drug-likeness (QED) is 0.820. The minimum Gasteiger partial charge on any atom is -0.481 e. The average molecular weight is 255 g/mol. The number of rotatable bonds is 5. The van der Waals surface area contributed by atoms with Crippen LogP contribution in [0.25, 0.3) is 0 Å². The average Bonchev–Trinajstić information content (AvgIpc) is 2.29. The summed E-state index contributed by atoms with van der Waals surface area (Å²) in [4.78, 5) is 13.9. The minimum atomic E-state index is -0.660. The molecule has 0 radical (unpaired) electrons. The van der Waals surface area contributed by atoms with Gasteiger partial charge in [0.05, 0.1) is 5.41 Å². The molecular weight excluding hydrogens is 226 g/mol. The lowest BCUT2D eigenvalue weighted by Crippen LogP contribution is -2.49. The van der Waals surface area contributed by atoms with Crippen LogP contribution in [0.15, 0.2) is 0 Å². The molecule has 1 saturated heterocycles. The van der Waals surface area contributed by atoms with E-state index in [9.17, 15) is 9.90 Å². The highest BCUT2D eigenvalue weighted by Gasteiger charge is 2.40. The summed E-state index contributed by atoms with van der Waals surface area (Å²) in [5, 5.41) is 9.37. The second-order valence-electron chi connectivity index (χ2n) is 6.58. The van der Waals surface area contributed by atoms with Crippen LogP contribution in [-0.4, -0.2) is 35.1 Å². The lowest BCUT2D eigenvalue weighted by molar-refractivity contribution is -0.151. The number of hydrogen-bond donors (Lipinski definition) is 1. The Labute approximate surface area is 112 Å². The third-order valence-corrected chi connectivity index (χ3v) is 4.68. The summed E-state index contributed by atoms with van der Waals surface area (Å²) in [7, 11) is 0. The summed E-state index contributed by atoms with van der Waals surface area (Å²) in [6, 6.07) is 0.595. The molecule has 0 spiro atoms. The molecule has 0 aromatic carbocycles. The molecule has 0 aliphatic carbocycles. The third-order valence-electron chi connectivity index (χ3n) is 4.68. The van der Waals surface area contributed by atoms with E-state index in [-0.39, 0.29) is 5.92 Å². The lowest BCUT2D eigenvalue weighted by atomic mass is 9.74. The Balaban J connectivity index is 2.75. The summed E-state index contributed by atoms with van der Waals surface area (Å²) in [5.74, 6) is 0.255. The van der Waals surface area contributed by atoms with Crippen molar-refractivity contribution in [1.29, 1.82) is 0 Å². The number of nitrogens with zero attached hydrogens (tertiary/aromatic N) is 1. The Morgan fingerprint density at radius 3 is 2.50 bits per heavy atom. The molecule has 1 heterocycles. The van der Waals surface area contributed by atoms with Gasteiger partial charge in [-0.15, -0.1) is 0 Å². The van der Waals surface area contributed by atoms with Crippen molar-refractivity contribution in [2.75, 3.05) is 13.1 Å². The fraction of sp³-hybridized carbons (Fsp3) is 0.933. The first-order valence-electron chi connectivity index (χ1n) is 7.28. The molecule has 1 N–H and O–H groups in total. The number of aliphatic carboxylic acids is 1. The molecule has 1 fully saturated rings. The van der Waals surface area contributed by atoms with Crippen molar-refractivity contribution in [3.63, 3.8) is 0 Å². The number of hydrogen-bond acceptors (Lipinski definition) is 2. The molecule has 106 valence electrons. The van der Waals surface area contributed by atoms with Crippen LogP contribution < -0.4 is 0 Å². The van der Waals surface area contributed by atoms with E-state index in [0.717, 1.165) is 32.4 Å². The normalized spacial score (nSPS) is 24.2. The summed E-state index contributed by atoms with van der Waals surface area (Å²) >= 11 is 0. The van der Waals surface area contributed by atoms with Crippen molar-refractivity contribution in [3.8, 4) is 0 Å². The molecule has 3 heteroatoms. The van der Waals surface area contributed by atoms with Crippen LogP contribution in [0.2, 0.25) is 0 Å². The lowest BCUT2D eigenvalue weighted by Gasteiger charge is -2.43. The monoisotopic (exact) mass is 255 g/mol. The Morgan fingerprint density at radius 2 is 2.06 bits per heavy atom. The Morgan fingerprint density at radius 1 is 1.44 bits per heavy atom. The zero-order chi connectivity index (χ0) is 13.9. The van der Waals surface area contributed by atoms with Gasteiger partial charge in [-0.25, -0.2) is 0 Å². The van der Waals surface area contributed by atoms with E-state index < -0.39 is 11.4 Å². The highest BCUT2D eigenvalue weighted by molar-refractivity contribution is 5.74. The van der Waals surface area contributed by atoms with E-state index in [1.165, 1.54) is 0 Å². The van der Waals surface area contributed by atoms with E-state index >= 15 is 0 Å². The first-order valence-corrected chi connectivity index (χ1v) is 7.28. The summed E-state index contributed by atoms with van der Waals surface area (Å²) in [6.45, 7) is 12.6. The van der Waals surface area contributed by atoms with Gasteiger partial charge in [0.1, 0.15) is 0 Å².